The SMILES string of the molecule is CCc1ccc(CNC(=O)Nc2ncc(-c3cccc(OC)c3)n2CCOC)cc1. The first-order chi connectivity index (χ1) is 14.6. The van der Waals surface area contributed by atoms with E-state index < -0.39 is 0 Å². The Labute approximate surface area is 177 Å². The first-order valence-corrected chi connectivity index (χ1v) is 9.96. The Morgan fingerprint density at radius 3 is 2.57 bits per heavy atom. The highest BCUT2D eigenvalue weighted by molar-refractivity contribution is 5.88. The third-order valence-corrected chi connectivity index (χ3v) is 4.85. The van der Waals surface area contributed by atoms with E-state index >= 15 is 0 Å². The van der Waals surface area contributed by atoms with Crippen LogP contribution in [0.3, 0.4) is 0 Å². The molecule has 2 N–H and O–H groups in total. The lowest BCUT2D eigenvalue weighted by Crippen LogP contribution is -2.29. The average Bonchev–Trinajstić information content (AvgIpc) is 3.18. The number of hydrogen-bond acceptors (Lipinski definition) is 4. The van der Waals surface area contributed by atoms with Gasteiger partial charge in [0.05, 0.1) is 25.6 Å². The highest BCUT2D eigenvalue weighted by Crippen LogP contribution is 2.26. The van der Waals surface area contributed by atoms with E-state index in [0.29, 0.717) is 25.6 Å². The summed E-state index contributed by atoms with van der Waals surface area (Å²) in [6.07, 6.45) is 2.73. The number of aryl methyl sites for hydroxylation is 1. The quantitative estimate of drug-likeness (QED) is 0.559. The summed E-state index contributed by atoms with van der Waals surface area (Å²) >= 11 is 0. The van der Waals surface area contributed by atoms with Gasteiger partial charge in [-0.15, -0.1) is 0 Å². The summed E-state index contributed by atoms with van der Waals surface area (Å²) in [6, 6.07) is 15.6. The highest BCUT2D eigenvalue weighted by atomic mass is 16.5. The van der Waals surface area contributed by atoms with Gasteiger partial charge in [0, 0.05) is 25.8 Å². The summed E-state index contributed by atoms with van der Waals surface area (Å²) in [6.45, 7) is 3.61. The monoisotopic (exact) mass is 408 g/mol. The Kier molecular flexibility index (Phi) is 7.45. The molecule has 3 rings (SSSR count). The lowest BCUT2D eigenvalue weighted by Gasteiger charge is -2.13. The summed E-state index contributed by atoms with van der Waals surface area (Å²) in [7, 11) is 3.28. The van der Waals surface area contributed by atoms with Crippen molar-refractivity contribution in [2.45, 2.75) is 26.4 Å². The summed E-state index contributed by atoms with van der Waals surface area (Å²) in [5.41, 5.74) is 4.13. The average molecular weight is 409 g/mol. The van der Waals surface area contributed by atoms with Crippen LogP contribution in [0.5, 0.6) is 5.75 Å². The summed E-state index contributed by atoms with van der Waals surface area (Å²) in [5, 5.41) is 5.73. The van der Waals surface area contributed by atoms with Crippen molar-refractivity contribution in [3.63, 3.8) is 0 Å². The molecule has 0 saturated heterocycles. The number of aromatic nitrogens is 2. The standard InChI is InChI=1S/C23H28N4O3/c1-4-17-8-10-18(11-9-17)15-25-23(28)26-22-24-16-21(27(22)12-13-29-2)19-6-5-7-20(14-19)30-3/h5-11,14,16H,4,12-13,15H2,1-3H3,(H2,24,25,26,28). The van der Waals surface area contributed by atoms with E-state index in [0.717, 1.165) is 29.0 Å². The number of rotatable bonds is 9. The van der Waals surface area contributed by atoms with Crippen molar-refractivity contribution in [3.8, 4) is 17.0 Å². The third-order valence-electron chi connectivity index (χ3n) is 4.85. The van der Waals surface area contributed by atoms with E-state index in [9.17, 15) is 4.79 Å². The van der Waals surface area contributed by atoms with Crippen molar-refractivity contribution in [3.05, 3.63) is 65.9 Å². The number of benzene rings is 2. The fourth-order valence-electron chi connectivity index (χ4n) is 3.12. The van der Waals surface area contributed by atoms with Crippen LogP contribution in [0.4, 0.5) is 10.7 Å². The number of methoxy groups -OCH3 is 2. The molecule has 2 amide bonds. The Morgan fingerprint density at radius 2 is 1.87 bits per heavy atom. The Balaban J connectivity index is 1.72. The van der Waals surface area contributed by atoms with Gasteiger partial charge in [-0.2, -0.15) is 0 Å². The van der Waals surface area contributed by atoms with E-state index in [2.05, 4.69) is 34.7 Å². The molecule has 158 valence electrons. The van der Waals surface area contributed by atoms with Crippen LogP contribution in [0.15, 0.2) is 54.7 Å². The molecule has 0 atom stereocenters. The van der Waals surface area contributed by atoms with Gasteiger partial charge in [-0.1, -0.05) is 43.3 Å². The van der Waals surface area contributed by atoms with Crippen LogP contribution in [0.1, 0.15) is 18.1 Å². The number of anilines is 1. The van der Waals surface area contributed by atoms with Gasteiger partial charge in [-0.05, 0) is 29.7 Å². The van der Waals surface area contributed by atoms with Gasteiger partial charge in [0.1, 0.15) is 5.75 Å². The molecule has 0 radical (unpaired) electrons. The number of imidazole rings is 1. The molecule has 3 aromatic rings. The van der Waals surface area contributed by atoms with Crippen LogP contribution in [-0.2, 0) is 24.2 Å². The van der Waals surface area contributed by atoms with E-state index in [1.54, 1.807) is 20.4 Å². The zero-order valence-electron chi connectivity index (χ0n) is 17.6. The van der Waals surface area contributed by atoms with Crippen molar-refractivity contribution in [1.29, 1.82) is 0 Å². The summed E-state index contributed by atoms with van der Waals surface area (Å²) in [4.78, 5) is 16.9. The van der Waals surface area contributed by atoms with Gasteiger partial charge >= 0.3 is 6.03 Å². The lowest BCUT2D eigenvalue weighted by molar-refractivity contribution is 0.188. The van der Waals surface area contributed by atoms with Crippen molar-refractivity contribution in [2.24, 2.45) is 0 Å². The molecule has 0 saturated carbocycles. The molecule has 0 unspecified atom stereocenters. The van der Waals surface area contributed by atoms with Gasteiger partial charge in [-0.3, -0.25) is 5.32 Å². The molecule has 7 heteroatoms. The number of amides is 2. The Bertz CT molecular complexity index is 967. The minimum atomic E-state index is -0.309. The molecule has 0 aliphatic heterocycles. The first kappa shape index (κ1) is 21.4. The minimum Gasteiger partial charge on any atom is -0.497 e. The van der Waals surface area contributed by atoms with Gasteiger partial charge in [0.15, 0.2) is 0 Å². The number of nitrogens with zero attached hydrogens (tertiary/aromatic N) is 2. The van der Waals surface area contributed by atoms with E-state index in [4.69, 9.17) is 9.47 Å². The van der Waals surface area contributed by atoms with E-state index in [1.807, 2.05) is 41.0 Å². The molecule has 0 aliphatic rings. The molecule has 1 heterocycles. The maximum Gasteiger partial charge on any atom is 0.321 e. The molecule has 0 spiro atoms. The number of hydrogen-bond donors (Lipinski definition) is 2. The summed E-state index contributed by atoms with van der Waals surface area (Å²) < 4.78 is 12.5. The zero-order valence-corrected chi connectivity index (χ0v) is 17.6. The molecule has 30 heavy (non-hydrogen) atoms. The second-order valence-corrected chi connectivity index (χ2v) is 6.82. The van der Waals surface area contributed by atoms with Crippen molar-refractivity contribution in [2.75, 3.05) is 26.1 Å². The number of urea groups is 1. The molecule has 0 fully saturated rings. The van der Waals surface area contributed by atoms with Crippen LogP contribution in [0.25, 0.3) is 11.3 Å². The van der Waals surface area contributed by atoms with E-state index in [1.165, 1.54) is 5.56 Å². The van der Waals surface area contributed by atoms with Crippen LogP contribution >= 0.6 is 0 Å². The van der Waals surface area contributed by atoms with Gasteiger partial charge in [0.25, 0.3) is 0 Å². The molecule has 7 nitrogen and oxygen atoms in total. The van der Waals surface area contributed by atoms with Crippen molar-refractivity contribution in [1.82, 2.24) is 14.9 Å². The van der Waals surface area contributed by atoms with E-state index in [-0.39, 0.29) is 6.03 Å². The van der Waals surface area contributed by atoms with Crippen molar-refractivity contribution < 1.29 is 14.3 Å². The fraction of sp³-hybridized carbons (Fsp3) is 0.304. The second kappa shape index (κ2) is 10.5. The second-order valence-electron chi connectivity index (χ2n) is 6.82. The number of carbonyl (C=O) groups is 1. The lowest BCUT2D eigenvalue weighted by atomic mass is 10.1. The topological polar surface area (TPSA) is 77.4 Å². The molecule has 1 aromatic heterocycles. The van der Waals surface area contributed by atoms with Crippen LogP contribution < -0.4 is 15.4 Å². The zero-order chi connectivity index (χ0) is 21.3. The molecule has 2 aromatic carbocycles. The van der Waals surface area contributed by atoms with Crippen LogP contribution in [0, 0.1) is 0 Å². The maximum absolute atomic E-state index is 12.5. The Morgan fingerprint density at radius 1 is 1.10 bits per heavy atom. The number of ether oxygens (including phenoxy) is 2. The number of nitrogens with one attached hydrogen (secondary N) is 2. The van der Waals surface area contributed by atoms with Gasteiger partial charge in [0.2, 0.25) is 5.95 Å². The first-order valence-electron chi connectivity index (χ1n) is 9.96. The Hall–Kier alpha value is -3.32. The molecular formula is C23H28N4O3. The largest absolute Gasteiger partial charge is 0.497 e. The molecule has 0 aliphatic carbocycles. The molecule has 0 bridgehead atoms. The smallest absolute Gasteiger partial charge is 0.321 e. The third kappa shape index (κ3) is 5.39. The van der Waals surface area contributed by atoms with Crippen molar-refractivity contribution >= 4 is 12.0 Å². The predicted octanol–water partition coefficient (Wildman–Crippen LogP) is 4.09. The van der Waals surface area contributed by atoms with Crippen LogP contribution in [0.2, 0.25) is 0 Å². The highest BCUT2D eigenvalue weighted by Gasteiger charge is 2.14. The maximum atomic E-state index is 12.5. The normalized spacial score (nSPS) is 10.6. The number of carbonyl (C=O) groups excluding carboxylic acids is 1. The van der Waals surface area contributed by atoms with Crippen LogP contribution in [-0.4, -0.2) is 36.4 Å². The summed E-state index contributed by atoms with van der Waals surface area (Å²) in [5.74, 6) is 1.22. The van der Waals surface area contributed by atoms with Gasteiger partial charge < -0.3 is 19.4 Å². The minimum absolute atomic E-state index is 0.309. The van der Waals surface area contributed by atoms with Gasteiger partial charge in [-0.25, -0.2) is 9.78 Å². The molecular weight excluding hydrogens is 380 g/mol. The predicted molar refractivity (Wildman–Crippen MR) is 118 cm³/mol. The fourth-order valence-corrected chi connectivity index (χ4v) is 3.12.